The van der Waals surface area contributed by atoms with Gasteiger partial charge in [0.25, 0.3) is 0 Å². The summed E-state index contributed by atoms with van der Waals surface area (Å²) in [6.45, 7) is 20.2. The van der Waals surface area contributed by atoms with Gasteiger partial charge in [0, 0.05) is 28.4 Å². The highest BCUT2D eigenvalue weighted by Crippen LogP contribution is 2.45. The molecule has 0 saturated heterocycles. The van der Waals surface area contributed by atoms with Gasteiger partial charge in [-0.1, -0.05) is 129 Å². The molecular weight excluding hydrogens is 482 g/mol. The molecule has 40 heavy (non-hydrogen) atoms. The van der Waals surface area contributed by atoms with E-state index in [0.29, 0.717) is 0 Å². The molecule has 0 amide bonds. The zero-order valence-electron chi connectivity index (χ0n) is 26.6. The van der Waals surface area contributed by atoms with Crippen molar-refractivity contribution in [3.05, 3.63) is 106 Å². The van der Waals surface area contributed by atoms with E-state index in [-0.39, 0.29) is 0 Å². The van der Waals surface area contributed by atoms with Crippen LogP contribution in [0.5, 0.6) is 0 Å². The van der Waals surface area contributed by atoms with Gasteiger partial charge in [-0.25, -0.2) is 0 Å². The summed E-state index contributed by atoms with van der Waals surface area (Å²) in [4.78, 5) is 0. The molecule has 0 saturated carbocycles. The van der Waals surface area contributed by atoms with Gasteiger partial charge >= 0.3 is 0 Å². The molecule has 0 atom stereocenters. The first-order valence-corrected chi connectivity index (χ1v) is 15.9. The minimum Gasteiger partial charge on any atom is -0.336 e. The van der Waals surface area contributed by atoms with Crippen LogP contribution in [-0.4, -0.2) is 4.57 Å². The molecule has 5 aromatic rings. The molecule has 1 nitrogen and oxygen atoms in total. The summed E-state index contributed by atoms with van der Waals surface area (Å²) in [6, 6.07) is 26.9. The summed E-state index contributed by atoms with van der Waals surface area (Å²) in [6.07, 6.45) is 5.58. The van der Waals surface area contributed by atoms with E-state index >= 15 is 0 Å². The van der Waals surface area contributed by atoms with E-state index in [2.05, 4.69) is 112 Å². The van der Waals surface area contributed by atoms with Gasteiger partial charge < -0.3 is 4.57 Å². The largest absolute Gasteiger partial charge is 0.336 e. The van der Waals surface area contributed by atoms with Crippen LogP contribution in [0.2, 0.25) is 0 Å². The Morgan fingerprint density at radius 1 is 0.550 bits per heavy atom. The molecule has 1 aliphatic rings. The third-order valence-corrected chi connectivity index (χ3v) is 7.77. The van der Waals surface area contributed by atoms with Crippen LogP contribution in [-0.2, 0) is 32.2 Å². The van der Waals surface area contributed by atoms with Crippen LogP contribution in [0, 0.1) is 0 Å². The van der Waals surface area contributed by atoms with Gasteiger partial charge in [0.15, 0.2) is 0 Å². The second-order valence-electron chi connectivity index (χ2n) is 9.99. The zero-order valence-corrected chi connectivity index (χ0v) is 26.6. The molecule has 4 aromatic carbocycles. The van der Waals surface area contributed by atoms with Crippen LogP contribution < -0.4 is 0 Å². The standard InChI is InChI=1S/C32H31N.C3H8.2C2H6/c1-4-22-24(6-3)32-25-14-8-7-13-21(25)19-28(32)23(5-2)29(22)20-33-30-17-11-9-15-26(30)27-16-10-12-18-31(27)33;1-3-2;2*1-2/h7-18H,4-6,19-20H2,1-3H3;3H2,1-2H3;2*1-2H3. The maximum atomic E-state index is 2.56. The molecule has 0 fully saturated rings. The minimum atomic E-state index is 0.941. The van der Waals surface area contributed by atoms with Gasteiger partial charge in [0.2, 0.25) is 0 Å². The van der Waals surface area contributed by atoms with Gasteiger partial charge in [-0.2, -0.15) is 0 Å². The van der Waals surface area contributed by atoms with Crippen LogP contribution in [0.1, 0.15) is 102 Å². The molecule has 0 N–H and O–H groups in total. The Balaban J connectivity index is 0.000000581. The predicted molar refractivity (Wildman–Crippen MR) is 180 cm³/mol. The molecule has 0 spiro atoms. The average molecular weight is 534 g/mol. The number of para-hydroxylation sites is 2. The van der Waals surface area contributed by atoms with Gasteiger partial charge in [-0.3, -0.25) is 0 Å². The predicted octanol–water partition coefficient (Wildman–Crippen LogP) is 11.6. The number of hydrogen-bond acceptors (Lipinski definition) is 0. The van der Waals surface area contributed by atoms with Crippen LogP contribution in [0.15, 0.2) is 72.8 Å². The van der Waals surface area contributed by atoms with E-state index in [1.165, 1.54) is 39.4 Å². The highest BCUT2D eigenvalue weighted by Gasteiger charge is 2.28. The van der Waals surface area contributed by atoms with Crippen LogP contribution >= 0.6 is 0 Å². The van der Waals surface area contributed by atoms with Crippen molar-refractivity contribution in [2.24, 2.45) is 0 Å². The van der Waals surface area contributed by atoms with Crippen molar-refractivity contribution in [3.63, 3.8) is 0 Å². The van der Waals surface area contributed by atoms with E-state index in [1.54, 1.807) is 33.4 Å². The van der Waals surface area contributed by atoms with Crippen molar-refractivity contribution < 1.29 is 0 Å². The van der Waals surface area contributed by atoms with Crippen LogP contribution in [0.25, 0.3) is 32.9 Å². The molecule has 1 heteroatoms. The second-order valence-corrected chi connectivity index (χ2v) is 9.99. The first-order valence-electron chi connectivity index (χ1n) is 15.9. The van der Waals surface area contributed by atoms with E-state index in [9.17, 15) is 0 Å². The third-order valence-electron chi connectivity index (χ3n) is 7.77. The second kappa shape index (κ2) is 14.9. The maximum absolute atomic E-state index is 2.56. The summed E-state index contributed by atoms with van der Waals surface area (Å²) >= 11 is 0. The Labute approximate surface area is 244 Å². The third kappa shape index (κ3) is 5.62. The number of benzene rings is 4. The lowest BCUT2D eigenvalue weighted by molar-refractivity contribution is 0.821. The maximum Gasteiger partial charge on any atom is 0.0494 e. The Hall–Kier alpha value is -3.32. The van der Waals surface area contributed by atoms with Crippen molar-refractivity contribution >= 4 is 21.8 Å². The monoisotopic (exact) mass is 533 g/mol. The smallest absolute Gasteiger partial charge is 0.0494 e. The molecule has 1 aliphatic carbocycles. The van der Waals surface area contributed by atoms with E-state index in [4.69, 9.17) is 0 Å². The Morgan fingerprint density at radius 2 is 1.02 bits per heavy atom. The molecule has 212 valence electrons. The lowest BCUT2D eigenvalue weighted by atomic mass is 9.83. The fourth-order valence-corrected chi connectivity index (χ4v) is 6.43. The number of rotatable bonds is 5. The van der Waals surface area contributed by atoms with E-state index in [0.717, 1.165) is 32.2 Å². The Bertz CT molecular complexity index is 1480. The lowest BCUT2D eigenvalue weighted by Crippen LogP contribution is -2.12. The molecular formula is C39H51N. The summed E-state index contributed by atoms with van der Waals surface area (Å²) < 4.78 is 2.56. The first kappa shape index (κ1) is 31.2. The van der Waals surface area contributed by atoms with Gasteiger partial charge in [-0.05, 0) is 82.3 Å². The van der Waals surface area contributed by atoms with Crippen molar-refractivity contribution in [1.82, 2.24) is 4.57 Å². The summed E-state index contributed by atoms with van der Waals surface area (Å²) in [7, 11) is 0. The number of aromatic nitrogens is 1. The normalized spacial score (nSPS) is 11.0. The fourth-order valence-electron chi connectivity index (χ4n) is 6.43. The van der Waals surface area contributed by atoms with Gasteiger partial charge in [0.05, 0.1) is 0 Å². The van der Waals surface area contributed by atoms with E-state index < -0.39 is 0 Å². The number of fused-ring (bicyclic) bond motifs is 6. The van der Waals surface area contributed by atoms with Crippen molar-refractivity contribution in [2.75, 3.05) is 0 Å². The van der Waals surface area contributed by atoms with Gasteiger partial charge in [-0.15, -0.1) is 0 Å². The summed E-state index contributed by atoms with van der Waals surface area (Å²) in [5.74, 6) is 0. The SMILES string of the molecule is CC.CC.CCC.CCc1c(Cn2c3ccccc3c3ccccc32)c(CC)c2c(c1CC)-c1ccccc1C2. The van der Waals surface area contributed by atoms with Crippen LogP contribution in [0.3, 0.4) is 0 Å². The van der Waals surface area contributed by atoms with Gasteiger partial charge in [0.1, 0.15) is 0 Å². The molecule has 1 heterocycles. The minimum absolute atomic E-state index is 0.941. The quantitative estimate of drug-likeness (QED) is 0.208. The van der Waals surface area contributed by atoms with E-state index in [1.807, 2.05) is 27.7 Å². The average Bonchev–Trinajstić information content (AvgIpc) is 3.55. The topological polar surface area (TPSA) is 4.93 Å². The molecule has 0 bridgehead atoms. The number of hydrogen-bond donors (Lipinski definition) is 0. The van der Waals surface area contributed by atoms with Crippen molar-refractivity contribution in [2.45, 2.75) is 101 Å². The number of nitrogens with zero attached hydrogens (tertiary/aromatic N) is 1. The summed E-state index contributed by atoms with van der Waals surface area (Å²) in [5.41, 5.74) is 15.1. The first-order chi connectivity index (χ1) is 19.7. The zero-order chi connectivity index (χ0) is 29.2. The molecule has 0 unspecified atom stereocenters. The molecule has 0 aliphatic heterocycles. The lowest BCUT2D eigenvalue weighted by Gasteiger charge is -2.24. The van der Waals surface area contributed by atoms with Crippen LogP contribution in [0.4, 0.5) is 0 Å². The highest BCUT2D eigenvalue weighted by molar-refractivity contribution is 6.08. The highest BCUT2D eigenvalue weighted by atomic mass is 15.0. The Morgan fingerprint density at radius 3 is 1.55 bits per heavy atom. The Kier molecular flexibility index (Phi) is 11.6. The fraction of sp³-hybridized carbons (Fsp3) is 0.385. The molecule has 0 radical (unpaired) electrons. The summed E-state index contributed by atoms with van der Waals surface area (Å²) in [5, 5.41) is 2.71. The molecule has 6 rings (SSSR count). The van der Waals surface area contributed by atoms with Crippen molar-refractivity contribution in [3.8, 4) is 11.1 Å². The van der Waals surface area contributed by atoms with Crippen molar-refractivity contribution in [1.29, 1.82) is 0 Å². The molecule has 1 aromatic heterocycles.